The van der Waals surface area contributed by atoms with E-state index in [1.54, 1.807) is 12.1 Å². The standard InChI is InChI=1S/C26H36N2O5/c1-20(30)28-24-11-8-21(9-12-24)7-6-16-33-15-5-3-2-4-14-27-18-26(32)22-10-13-25(31)23(17-22)19-29/h6-13,17,26-27,29,31-32H,2-5,14-16,18-19H2,1H3,(H,28,30). The molecule has 180 valence electrons. The van der Waals surface area contributed by atoms with Crippen LogP contribution in [0.1, 0.15) is 55.4 Å². The Morgan fingerprint density at radius 3 is 2.58 bits per heavy atom. The second-order valence-electron chi connectivity index (χ2n) is 7.96. The molecule has 0 aromatic heterocycles. The van der Waals surface area contributed by atoms with Gasteiger partial charge in [-0.1, -0.05) is 43.2 Å². The van der Waals surface area contributed by atoms with Crippen LogP contribution in [0, 0.1) is 0 Å². The van der Waals surface area contributed by atoms with Crippen LogP contribution in [0.4, 0.5) is 5.69 Å². The van der Waals surface area contributed by atoms with Crippen molar-refractivity contribution in [2.24, 2.45) is 0 Å². The first kappa shape index (κ1) is 26.5. The third-order valence-corrected chi connectivity index (χ3v) is 5.14. The molecule has 0 bridgehead atoms. The molecule has 2 rings (SSSR count). The molecule has 2 aromatic carbocycles. The summed E-state index contributed by atoms with van der Waals surface area (Å²) in [5.74, 6) is -0.0405. The summed E-state index contributed by atoms with van der Waals surface area (Å²) in [6.07, 6.45) is 7.54. The molecule has 0 aliphatic carbocycles. The summed E-state index contributed by atoms with van der Waals surface area (Å²) in [6.45, 7) is 3.79. The molecular weight excluding hydrogens is 420 g/mol. The van der Waals surface area contributed by atoms with E-state index in [2.05, 4.69) is 10.6 Å². The number of unbranched alkanes of at least 4 members (excludes halogenated alkanes) is 3. The molecule has 0 radical (unpaired) electrons. The second-order valence-corrected chi connectivity index (χ2v) is 7.96. The van der Waals surface area contributed by atoms with Gasteiger partial charge in [-0.25, -0.2) is 0 Å². The van der Waals surface area contributed by atoms with Gasteiger partial charge in [0, 0.05) is 31.3 Å². The molecule has 7 nitrogen and oxygen atoms in total. The first-order valence-electron chi connectivity index (χ1n) is 11.4. The molecule has 2 aromatic rings. The lowest BCUT2D eigenvalue weighted by molar-refractivity contribution is -0.114. The number of hydrogen-bond acceptors (Lipinski definition) is 6. The maximum atomic E-state index is 11.0. The lowest BCUT2D eigenvalue weighted by Crippen LogP contribution is -2.22. The predicted molar refractivity (Wildman–Crippen MR) is 131 cm³/mol. The van der Waals surface area contributed by atoms with E-state index in [9.17, 15) is 20.1 Å². The minimum Gasteiger partial charge on any atom is -0.508 e. The molecule has 0 spiro atoms. The van der Waals surface area contributed by atoms with Crippen LogP contribution in [-0.4, -0.2) is 47.5 Å². The van der Waals surface area contributed by atoms with Gasteiger partial charge in [0.15, 0.2) is 0 Å². The van der Waals surface area contributed by atoms with Gasteiger partial charge < -0.3 is 30.7 Å². The number of aliphatic hydroxyl groups is 2. The van der Waals surface area contributed by atoms with Gasteiger partial charge in [-0.15, -0.1) is 0 Å². The van der Waals surface area contributed by atoms with Gasteiger partial charge >= 0.3 is 0 Å². The number of amides is 1. The smallest absolute Gasteiger partial charge is 0.221 e. The third kappa shape index (κ3) is 10.6. The van der Waals surface area contributed by atoms with Gasteiger partial charge in [0.1, 0.15) is 5.75 Å². The van der Waals surface area contributed by atoms with Crippen molar-refractivity contribution in [2.45, 2.75) is 45.3 Å². The number of hydrogen-bond donors (Lipinski definition) is 5. The Hall–Kier alpha value is -2.71. The average Bonchev–Trinajstić information content (AvgIpc) is 2.80. The molecular formula is C26H36N2O5. The maximum Gasteiger partial charge on any atom is 0.221 e. The highest BCUT2D eigenvalue weighted by molar-refractivity contribution is 5.88. The lowest BCUT2D eigenvalue weighted by atomic mass is 10.1. The van der Waals surface area contributed by atoms with Gasteiger partial charge in [-0.05, 0) is 54.8 Å². The lowest BCUT2D eigenvalue weighted by Gasteiger charge is -2.14. The summed E-state index contributed by atoms with van der Waals surface area (Å²) >= 11 is 0. The van der Waals surface area contributed by atoms with Gasteiger partial charge in [-0.3, -0.25) is 4.79 Å². The average molecular weight is 457 g/mol. The third-order valence-electron chi connectivity index (χ3n) is 5.14. The van der Waals surface area contributed by atoms with Crippen LogP contribution in [0.5, 0.6) is 5.75 Å². The van der Waals surface area contributed by atoms with Crippen LogP contribution < -0.4 is 10.6 Å². The maximum absolute atomic E-state index is 11.0. The zero-order chi connectivity index (χ0) is 23.9. The van der Waals surface area contributed by atoms with Crippen LogP contribution in [0.25, 0.3) is 6.08 Å². The van der Waals surface area contributed by atoms with Crippen LogP contribution >= 0.6 is 0 Å². The molecule has 0 saturated heterocycles. The van der Waals surface area contributed by atoms with Gasteiger partial charge in [-0.2, -0.15) is 0 Å². The first-order valence-corrected chi connectivity index (χ1v) is 11.4. The normalized spacial score (nSPS) is 12.2. The van der Waals surface area contributed by atoms with Crippen molar-refractivity contribution in [2.75, 3.05) is 31.6 Å². The number of carbonyl (C=O) groups excluding carboxylic acids is 1. The topological polar surface area (TPSA) is 111 Å². The molecule has 1 amide bonds. The summed E-state index contributed by atoms with van der Waals surface area (Å²) in [5.41, 5.74) is 2.94. The Bertz CT molecular complexity index is 867. The van der Waals surface area contributed by atoms with Crippen molar-refractivity contribution >= 4 is 17.7 Å². The minimum absolute atomic E-state index is 0.0379. The molecule has 0 fully saturated rings. The fraction of sp³-hybridized carbons (Fsp3) is 0.423. The summed E-state index contributed by atoms with van der Waals surface area (Å²) < 4.78 is 5.64. The van der Waals surface area contributed by atoms with E-state index in [0.717, 1.165) is 50.1 Å². The van der Waals surface area contributed by atoms with Crippen molar-refractivity contribution in [3.8, 4) is 5.75 Å². The van der Waals surface area contributed by atoms with E-state index >= 15 is 0 Å². The van der Waals surface area contributed by atoms with E-state index < -0.39 is 6.10 Å². The van der Waals surface area contributed by atoms with Gasteiger partial charge in [0.25, 0.3) is 0 Å². The van der Waals surface area contributed by atoms with E-state index in [0.29, 0.717) is 24.3 Å². The summed E-state index contributed by atoms with van der Waals surface area (Å²) in [7, 11) is 0. The zero-order valence-electron chi connectivity index (χ0n) is 19.3. The van der Waals surface area contributed by atoms with E-state index in [1.807, 2.05) is 36.4 Å². The Morgan fingerprint density at radius 2 is 1.85 bits per heavy atom. The van der Waals surface area contributed by atoms with Crippen LogP contribution in [0.15, 0.2) is 48.5 Å². The van der Waals surface area contributed by atoms with E-state index in [1.165, 1.54) is 13.0 Å². The quantitative estimate of drug-likeness (QED) is 0.261. The second kappa shape index (κ2) is 15.2. The number of carbonyl (C=O) groups is 1. The number of rotatable bonds is 15. The number of phenols is 1. The van der Waals surface area contributed by atoms with Crippen LogP contribution in [0.3, 0.4) is 0 Å². The number of benzene rings is 2. The Balaban J connectivity index is 1.46. The first-order chi connectivity index (χ1) is 16.0. The van der Waals surface area contributed by atoms with Crippen LogP contribution in [0.2, 0.25) is 0 Å². The van der Waals surface area contributed by atoms with Crippen molar-refractivity contribution in [3.63, 3.8) is 0 Å². The number of anilines is 1. The van der Waals surface area contributed by atoms with Gasteiger partial charge in [0.05, 0.1) is 19.3 Å². The molecule has 5 N–H and O–H groups in total. The van der Waals surface area contributed by atoms with E-state index in [4.69, 9.17) is 4.74 Å². The predicted octanol–water partition coefficient (Wildman–Crippen LogP) is 3.76. The Morgan fingerprint density at radius 1 is 1.09 bits per heavy atom. The van der Waals surface area contributed by atoms with Crippen molar-refractivity contribution in [1.82, 2.24) is 5.32 Å². The molecule has 0 aliphatic heterocycles. The highest BCUT2D eigenvalue weighted by Crippen LogP contribution is 2.22. The van der Waals surface area contributed by atoms with Gasteiger partial charge in [0.2, 0.25) is 5.91 Å². The molecule has 33 heavy (non-hydrogen) atoms. The number of aromatic hydroxyl groups is 1. The number of ether oxygens (including phenoxy) is 1. The fourth-order valence-electron chi connectivity index (χ4n) is 3.32. The molecule has 0 aliphatic rings. The zero-order valence-corrected chi connectivity index (χ0v) is 19.3. The monoisotopic (exact) mass is 456 g/mol. The summed E-state index contributed by atoms with van der Waals surface area (Å²) in [5, 5.41) is 35.0. The molecule has 1 unspecified atom stereocenters. The number of nitrogens with one attached hydrogen (secondary N) is 2. The van der Waals surface area contributed by atoms with Crippen molar-refractivity contribution in [3.05, 3.63) is 65.2 Å². The number of aliphatic hydroxyl groups excluding tert-OH is 2. The molecule has 7 heteroatoms. The molecule has 1 atom stereocenters. The van der Waals surface area contributed by atoms with Crippen LogP contribution in [-0.2, 0) is 16.1 Å². The summed E-state index contributed by atoms with van der Waals surface area (Å²) in [6, 6.07) is 12.4. The highest BCUT2D eigenvalue weighted by atomic mass is 16.5. The summed E-state index contributed by atoms with van der Waals surface area (Å²) in [4.78, 5) is 11.0. The van der Waals surface area contributed by atoms with Crippen molar-refractivity contribution < 1.29 is 24.9 Å². The SMILES string of the molecule is CC(=O)Nc1ccc(C=CCOCCCCCCNCC(O)c2ccc(O)c(CO)c2)cc1. The Labute approximate surface area is 196 Å². The molecule has 0 heterocycles. The molecule has 0 saturated carbocycles. The van der Waals surface area contributed by atoms with E-state index in [-0.39, 0.29) is 18.3 Å². The van der Waals surface area contributed by atoms with Crippen molar-refractivity contribution in [1.29, 1.82) is 0 Å². The fourth-order valence-corrected chi connectivity index (χ4v) is 3.32. The highest BCUT2D eigenvalue weighted by Gasteiger charge is 2.09. The minimum atomic E-state index is -0.674. The Kier molecular flexibility index (Phi) is 12.2. The largest absolute Gasteiger partial charge is 0.508 e.